The van der Waals surface area contributed by atoms with Crippen molar-refractivity contribution in [3.8, 4) is 0 Å². The Bertz CT molecular complexity index is 698. The monoisotopic (exact) mass is 327 g/mol. The molecule has 0 aliphatic carbocycles. The van der Waals surface area contributed by atoms with Crippen LogP contribution in [-0.4, -0.2) is 24.3 Å². The van der Waals surface area contributed by atoms with Crippen LogP contribution in [0.4, 0.5) is 5.69 Å². The van der Waals surface area contributed by atoms with Crippen molar-refractivity contribution in [3.63, 3.8) is 0 Å². The molecule has 2 rings (SSSR count). The molecule has 21 heavy (non-hydrogen) atoms. The van der Waals surface area contributed by atoms with Crippen molar-refractivity contribution in [2.45, 2.75) is 31.2 Å². The van der Waals surface area contributed by atoms with Crippen molar-refractivity contribution in [1.29, 1.82) is 0 Å². The molecule has 0 spiro atoms. The first-order chi connectivity index (χ1) is 10.0. The highest BCUT2D eigenvalue weighted by atomic mass is 35.5. The molecule has 114 valence electrons. The minimum atomic E-state index is -3.63. The molecule has 2 N–H and O–H groups in total. The van der Waals surface area contributed by atoms with E-state index < -0.39 is 10.0 Å². The van der Waals surface area contributed by atoms with Crippen LogP contribution in [0, 0.1) is 0 Å². The van der Waals surface area contributed by atoms with E-state index >= 15 is 0 Å². The quantitative estimate of drug-likeness (QED) is 0.768. The Morgan fingerprint density at radius 2 is 2.19 bits per heavy atom. The standard InChI is InChI=1S/C14H18ClN3O2S/c1-2-13-16-10-14(17-13)21(19,20)18-12-7-3-5-11(9-12)6-4-8-15/h3,5,7,9-10,18H,2,4,6,8H2,1H3,(H,16,17). The summed E-state index contributed by atoms with van der Waals surface area (Å²) in [6.07, 6.45) is 3.67. The highest BCUT2D eigenvalue weighted by Crippen LogP contribution is 2.17. The maximum Gasteiger partial charge on any atom is 0.278 e. The van der Waals surface area contributed by atoms with Crippen molar-refractivity contribution < 1.29 is 8.42 Å². The average molecular weight is 328 g/mol. The molecule has 0 aliphatic heterocycles. The van der Waals surface area contributed by atoms with Crippen molar-refractivity contribution in [2.24, 2.45) is 0 Å². The second kappa shape index (κ2) is 6.95. The van der Waals surface area contributed by atoms with Gasteiger partial charge in [0.05, 0.1) is 6.20 Å². The molecule has 1 aromatic heterocycles. The largest absolute Gasteiger partial charge is 0.332 e. The van der Waals surface area contributed by atoms with E-state index in [1.54, 1.807) is 6.07 Å². The number of aromatic amines is 1. The smallest absolute Gasteiger partial charge is 0.278 e. The zero-order valence-electron chi connectivity index (χ0n) is 11.8. The number of aryl methyl sites for hydroxylation is 2. The second-order valence-electron chi connectivity index (χ2n) is 4.65. The molecule has 0 amide bonds. The number of rotatable bonds is 7. The Morgan fingerprint density at radius 1 is 1.38 bits per heavy atom. The van der Waals surface area contributed by atoms with Gasteiger partial charge in [-0.15, -0.1) is 11.6 Å². The summed E-state index contributed by atoms with van der Waals surface area (Å²) >= 11 is 5.67. The van der Waals surface area contributed by atoms with Gasteiger partial charge in [-0.3, -0.25) is 4.72 Å². The van der Waals surface area contributed by atoms with Gasteiger partial charge in [-0.1, -0.05) is 19.1 Å². The van der Waals surface area contributed by atoms with Gasteiger partial charge in [-0.05, 0) is 30.5 Å². The van der Waals surface area contributed by atoms with Crippen LogP contribution in [0.1, 0.15) is 24.7 Å². The summed E-state index contributed by atoms with van der Waals surface area (Å²) < 4.78 is 27.1. The lowest BCUT2D eigenvalue weighted by molar-refractivity contribution is 0.598. The third-order valence-corrected chi connectivity index (χ3v) is 4.57. The molecule has 0 saturated heterocycles. The SMILES string of the molecule is CCc1ncc(S(=O)(=O)Nc2cccc(CCCCl)c2)[nH]1. The number of halogens is 1. The zero-order chi connectivity index (χ0) is 15.3. The minimum absolute atomic E-state index is 0.0745. The number of nitrogens with one attached hydrogen (secondary N) is 2. The van der Waals surface area contributed by atoms with E-state index in [0.717, 1.165) is 18.4 Å². The number of aromatic nitrogens is 2. The number of hydrogen-bond donors (Lipinski definition) is 2. The van der Waals surface area contributed by atoms with Crippen LogP contribution >= 0.6 is 11.6 Å². The van der Waals surface area contributed by atoms with E-state index in [-0.39, 0.29) is 5.03 Å². The van der Waals surface area contributed by atoms with Crippen molar-refractivity contribution in [3.05, 3.63) is 41.9 Å². The van der Waals surface area contributed by atoms with Crippen LogP contribution in [0.2, 0.25) is 0 Å². The topological polar surface area (TPSA) is 74.8 Å². The highest BCUT2D eigenvalue weighted by Gasteiger charge is 2.17. The van der Waals surface area contributed by atoms with Gasteiger partial charge in [0, 0.05) is 18.0 Å². The molecule has 5 nitrogen and oxygen atoms in total. The van der Waals surface area contributed by atoms with E-state index in [9.17, 15) is 8.42 Å². The van der Waals surface area contributed by atoms with Crippen LogP contribution in [0.3, 0.4) is 0 Å². The van der Waals surface area contributed by atoms with Crippen LogP contribution in [0.15, 0.2) is 35.5 Å². The molecule has 0 aliphatic rings. The van der Waals surface area contributed by atoms with Gasteiger partial charge in [-0.2, -0.15) is 8.42 Å². The van der Waals surface area contributed by atoms with Gasteiger partial charge in [-0.25, -0.2) is 4.98 Å². The molecule has 0 saturated carbocycles. The number of alkyl halides is 1. The molecule has 0 radical (unpaired) electrons. The maximum absolute atomic E-state index is 12.3. The molecule has 2 aromatic rings. The van der Waals surface area contributed by atoms with E-state index in [1.165, 1.54) is 6.20 Å². The number of H-pyrrole nitrogens is 1. The molecule has 0 fully saturated rings. The number of benzene rings is 1. The molecule has 0 atom stereocenters. The maximum atomic E-state index is 12.3. The lowest BCUT2D eigenvalue weighted by Gasteiger charge is -2.08. The molecular weight excluding hydrogens is 310 g/mol. The summed E-state index contributed by atoms with van der Waals surface area (Å²) in [5.41, 5.74) is 1.59. The van der Waals surface area contributed by atoms with E-state index in [1.807, 2.05) is 25.1 Å². The molecule has 1 aromatic carbocycles. The summed E-state index contributed by atoms with van der Waals surface area (Å²) in [7, 11) is -3.63. The van der Waals surface area contributed by atoms with Crippen LogP contribution < -0.4 is 4.72 Å². The fourth-order valence-electron chi connectivity index (χ4n) is 1.93. The van der Waals surface area contributed by atoms with Gasteiger partial charge in [0.25, 0.3) is 10.0 Å². The molecule has 0 bridgehead atoms. The third-order valence-electron chi connectivity index (χ3n) is 3.01. The Labute approximate surface area is 129 Å². The Morgan fingerprint density at radius 3 is 2.86 bits per heavy atom. The van der Waals surface area contributed by atoms with E-state index in [0.29, 0.717) is 23.8 Å². The van der Waals surface area contributed by atoms with Crippen molar-refractivity contribution in [1.82, 2.24) is 9.97 Å². The summed E-state index contributed by atoms with van der Waals surface area (Å²) in [4.78, 5) is 6.80. The average Bonchev–Trinajstić information content (AvgIpc) is 2.95. The fraction of sp³-hybridized carbons (Fsp3) is 0.357. The molecule has 0 unspecified atom stereocenters. The number of anilines is 1. The summed E-state index contributed by atoms with van der Waals surface area (Å²) in [6.45, 7) is 1.91. The van der Waals surface area contributed by atoms with Gasteiger partial charge < -0.3 is 4.98 Å². The minimum Gasteiger partial charge on any atom is -0.332 e. The number of nitrogens with zero attached hydrogens (tertiary/aromatic N) is 1. The first kappa shape index (κ1) is 15.9. The van der Waals surface area contributed by atoms with Gasteiger partial charge in [0.1, 0.15) is 5.82 Å². The highest BCUT2D eigenvalue weighted by molar-refractivity contribution is 7.92. The van der Waals surface area contributed by atoms with E-state index in [2.05, 4.69) is 14.7 Å². The summed E-state index contributed by atoms with van der Waals surface area (Å²) in [6, 6.07) is 7.32. The normalized spacial score (nSPS) is 11.5. The summed E-state index contributed by atoms with van der Waals surface area (Å²) in [5.74, 6) is 1.23. The van der Waals surface area contributed by atoms with E-state index in [4.69, 9.17) is 11.6 Å². The zero-order valence-corrected chi connectivity index (χ0v) is 13.3. The Kier molecular flexibility index (Phi) is 5.25. The number of sulfonamides is 1. The predicted molar refractivity (Wildman–Crippen MR) is 84.3 cm³/mol. The lowest BCUT2D eigenvalue weighted by Crippen LogP contribution is -2.13. The van der Waals surface area contributed by atoms with Crippen LogP contribution in [-0.2, 0) is 22.9 Å². The van der Waals surface area contributed by atoms with Crippen LogP contribution in [0.25, 0.3) is 0 Å². The first-order valence-electron chi connectivity index (χ1n) is 6.76. The first-order valence-corrected chi connectivity index (χ1v) is 8.78. The molecule has 7 heteroatoms. The van der Waals surface area contributed by atoms with Gasteiger partial charge in [0.2, 0.25) is 0 Å². The molecule has 1 heterocycles. The lowest BCUT2D eigenvalue weighted by atomic mass is 10.1. The summed E-state index contributed by atoms with van der Waals surface area (Å²) in [5, 5.41) is 0.0745. The fourth-order valence-corrected chi connectivity index (χ4v) is 3.06. The number of imidazole rings is 1. The van der Waals surface area contributed by atoms with Crippen LogP contribution in [0.5, 0.6) is 0 Å². The Hall–Kier alpha value is -1.53. The predicted octanol–water partition coefficient (Wildman–Crippen LogP) is 2.94. The third kappa shape index (κ3) is 4.22. The van der Waals surface area contributed by atoms with Crippen molar-refractivity contribution >= 4 is 27.3 Å². The second-order valence-corrected chi connectivity index (χ2v) is 6.67. The number of hydrogen-bond acceptors (Lipinski definition) is 3. The van der Waals surface area contributed by atoms with Crippen molar-refractivity contribution in [2.75, 3.05) is 10.6 Å². The van der Waals surface area contributed by atoms with Gasteiger partial charge >= 0.3 is 0 Å². The van der Waals surface area contributed by atoms with Gasteiger partial charge in [0.15, 0.2) is 5.03 Å². The molecular formula is C14H18ClN3O2S. The Balaban J connectivity index is 2.16.